The van der Waals surface area contributed by atoms with Crippen molar-refractivity contribution in [2.24, 2.45) is 0 Å². The summed E-state index contributed by atoms with van der Waals surface area (Å²) in [4.78, 5) is 29.5. The summed E-state index contributed by atoms with van der Waals surface area (Å²) in [6.45, 7) is 1.89. The van der Waals surface area contributed by atoms with Gasteiger partial charge in [-0.15, -0.1) is 0 Å². The van der Waals surface area contributed by atoms with Gasteiger partial charge in [0.15, 0.2) is 5.65 Å². The van der Waals surface area contributed by atoms with Crippen molar-refractivity contribution in [3.63, 3.8) is 0 Å². The minimum Gasteiger partial charge on any atom is -0.465 e. The number of nitrogens with zero attached hydrogens (tertiary/aromatic N) is 2. The van der Waals surface area contributed by atoms with E-state index in [2.05, 4.69) is 9.97 Å². The average Bonchev–Trinajstić information content (AvgIpc) is 2.56. The molecule has 0 fully saturated rings. The number of hydrogen-bond donors (Lipinski definition) is 1. The molecule has 6 nitrogen and oxygen atoms in total. The van der Waals surface area contributed by atoms with Crippen LogP contribution in [0.5, 0.6) is 0 Å². The van der Waals surface area contributed by atoms with Crippen molar-refractivity contribution in [1.82, 2.24) is 14.5 Å². The van der Waals surface area contributed by atoms with Gasteiger partial charge in [-0.2, -0.15) is 0 Å². The summed E-state index contributed by atoms with van der Waals surface area (Å²) < 4.78 is 6.04. The van der Waals surface area contributed by atoms with Gasteiger partial charge in [-0.25, -0.2) is 9.78 Å². The van der Waals surface area contributed by atoms with E-state index in [1.54, 1.807) is 25.3 Å². The summed E-state index contributed by atoms with van der Waals surface area (Å²) >= 11 is 0. The van der Waals surface area contributed by atoms with E-state index in [0.29, 0.717) is 17.8 Å². The molecule has 0 aliphatic carbocycles. The van der Waals surface area contributed by atoms with Gasteiger partial charge in [-0.05, 0) is 19.1 Å². The highest BCUT2D eigenvalue weighted by molar-refractivity contribution is 5.74. The minimum absolute atomic E-state index is 0.121. The Morgan fingerprint density at radius 2 is 2.44 bits per heavy atom. The molecule has 0 atom stereocenters. The average molecular weight is 221 g/mol. The van der Waals surface area contributed by atoms with Crippen molar-refractivity contribution < 1.29 is 9.53 Å². The second kappa shape index (κ2) is 4.18. The Balaban J connectivity index is 2.40. The number of imidazole rings is 1. The molecule has 84 valence electrons. The molecule has 2 heterocycles. The summed E-state index contributed by atoms with van der Waals surface area (Å²) in [6.07, 6.45) is 1.57. The molecule has 2 aromatic heterocycles. The Labute approximate surface area is 90.9 Å². The number of nitrogens with one attached hydrogen (secondary N) is 1. The number of fused-ring (bicyclic) bond motifs is 1. The number of H-pyrrole nitrogens is 1. The lowest BCUT2D eigenvalue weighted by Crippen LogP contribution is -2.23. The number of aromatic amines is 1. The van der Waals surface area contributed by atoms with Crippen LogP contribution in [-0.2, 0) is 16.1 Å². The van der Waals surface area contributed by atoms with Crippen molar-refractivity contribution in [2.75, 3.05) is 6.61 Å². The molecule has 0 amide bonds. The van der Waals surface area contributed by atoms with Crippen LogP contribution in [0, 0.1) is 0 Å². The van der Waals surface area contributed by atoms with Gasteiger partial charge < -0.3 is 9.72 Å². The van der Waals surface area contributed by atoms with Crippen LogP contribution in [-0.4, -0.2) is 27.1 Å². The van der Waals surface area contributed by atoms with Crippen molar-refractivity contribution >= 4 is 17.1 Å². The molecule has 0 aliphatic heterocycles. The first kappa shape index (κ1) is 10.4. The molecule has 2 aromatic rings. The molecule has 0 saturated carbocycles. The predicted octanol–water partition coefficient (Wildman–Crippen LogP) is 0.288. The van der Waals surface area contributed by atoms with Crippen LogP contribution in [0.3, 0.4) is 0 Å². The largest absolute Gasteiger partial charge is 0.465 e. The fourth-order valence-corrected chi connectivity index (χ4v) is 1.47. The molecule has 6 heteroatoms. The van der Waals surface area contributed by atoms with Crippen LogP contribution in [0.1, 0.15) is 6.92 Å². The Morgan fingerprint density at radius 3 is 3.19 bits per heavy atom. The highest BCUT2D eigenvalue weighted by atomic mass is 16.5. The molecule has 0 aliphatic rings. The summed E-state index contributed by atoms with van der Waals surface area (Å²) in [5, 5.41) is 0. The van der Waals surface area contributed by atoms with E-state index in [1.165, 1.54) is 4.57 Å². The SMILES string of the molecule is CCOC(=O)Cn1c(=O)[nH]c2cccnc21. The van der Waals surface area contributed by atoms with Gasteiger partial charge in [0, 0.05) is 6.20 Å². The molecule has 0 radical (unpaired) electrons. The number of ether oxygens (including phenoxy) is 1. The van der Waals surface area contributed by atoms with Gasteiger partial charge in [0.2, 0.25) is 0 Å². The Bertz CT molecular complexity index is 570. The van der Waals surface area contributed by atoms with Crippen LogP contribution >= 0.6 is 0 Å². The van der Waals surface area contributed by atoms with Gasteiger partial charge in [-0.1, -0.05) is 0 Å². The van der Waals surface area contributed by atoms with Gasteiger partial charge in [0.1, 0.15) is 6.54 Å². The van der Waals surface area contributed by atoms with E-state index in [0.717, 1.165) is 0 Å². The highest BCUT2D eigenvalue weighted by Crippen LogP contribution is 2.05. The summed E-state index contributed by atoms with van der Waals surface area (Å²) in [5.41, 5.74) is 0.708. The van der Waals surface area contributed by atoms with Crippen LogP contribution in [0.4, 0.5) is 0 Å². The molecular formula is C10H11N3O3. The fourth-order valence-electron chi connectivity index (χ4n) is 1.47. The predicted molar refractivity (Wildman–Crippen MR) is 57.0 cm³/mol. The lowest BCUT2D eigenvalue weighted by atomic mass is 10.4. The van der Waals surface area contributed by atoms with Gasteiger partial charge in [-0.3, -0.25) is 9.36 Å². The molecule has 16 heavy (non-hydrogen) atoms. The van der Waals surface area contributed by atoms with E-state index >= 15 is 0 Å². The zero-order valence-corrected chi connectivity index (χ0v) is 8.77. The van der Waals surface area contributed by atoms with E-state index in [-0.39, 0.29) is 12.2 Å². The molecule has 2 rings (SSSR count). The monoisotopic (exact) mass is 221 g/mol. The van der Waals surface area contributed by atoms with Crippen molar-refractivity contribution in [1.29, 1.82) is 0 Å². The molecular weight excluding hydrogens is 210 g/mol. The number of aromatic nitrogens is 3. The van der Waals surface area contributed by atoms with Crippen LogP contribution in [0.2, 0.25) is 0 Å². The normalized spacial score (nSPS) is 10.6. The maximum Gasteiger partial charge on any atom is 0.328 e. The van der Waals surface area contributed by atoms with Gasteiger partial charge >= 0.3 is 11.7 Å². The Morgan fingerprint density at radius 1 is 1.62 bits per heavy atom. The van der Waals surface area contributed by atoms with Crippen LogP contribution in [0.25, 0.3) is 11.2 Å². The summed E-state index contributed by atoms with van der Waals surface area (Å²) in [7, 11) is 0. The number of esters is 1. The number of hydrogen-bond acceptors (Lipinski definition) is 4. The first-order valence-electron chi connectivity index (χ1n) is 4.91. The molecule has 0 aromatic carbocycles. The highest BCUT2D eigenvalue weighted by Gasteiger charge is 2.11. The third kappa shape index (κ3) is 1.81. The lowest BCUT2D eigenvalue weighted by Gasteiger charge is -2.02. The summed E-state index contributed by atoms with van der Waals surface area (Å²) in [6, 6.07) is 3.44. The number of pyridine rings is 1. The molecule has 0 bridgehead atoms. The second-order valence-corrected chi connectivity index (χ2v) is 3.20. The third-order valence-corrected chi connectivity index (χ3v) is 2.12. The molecule has 0 spiro atoms. The number of rotatable bonds is 3. The topological polar surface area (TPSA) is 77.0 Å². The zero-order chi connectivity index (χ0) is 11.5. The first-order chi connectivity index (χ1) is 7.72. The Kier molecular flexibility index (Phi) is 2.72. The van der Waals surface area contributed by atoms with Gasteiger partial charge in [0.05, 0.1) is 12.1 Å². The standard InChI is InChI=1S/C10H11N3O3/c1-2-16-8(14)6-13-9-7(12-10(13)15)4-3-5-11-9/h3-5H,2,6H2,1H3,(H,12,15). The van der Waals surface area contributed by atoms with Crippen molar-refractivity contribution in [2.45, 2.75) is 13.5 Å². The molecule has 0 unspecified atom stereocenters. The minimum atomic E-state index is -0.448. The lowest BCUT2D eigenvalue weighted by molar-refractivity contribution is -0.143. The van der Waals surface area contributed by atoms with Gasteiger partial charge in [0.25, 0.3) is 0 Å². The smallest absolute Gasteiger partial charge is 0.328 e. The van der Waals surface area contributed by atoms with Crippen molar-refractivity contribution in [3.8, 4) is 0 Å². The molecule has 0 saturated heterocycles. The quantitative estimate of drug-likeness (QED) is 0.755. The van der Waals surface area contributed by atoms with E-state index in [9.17, 15) is 9.59 Å². The third-order valence-electron chi connectivity index (χ3n) is 2.12. The second-order valence-electron chi connectivity index (χ2n) is 3.20. The maximum atomic E-state index is 11.5. The number of carbonyl (C=O) groups is 1. The van der Waals surface area contributed by atoms with Crippen LogP contribution < -0.4 is 5.69 Å². The Hall–Kier alpha value is -2.11. The van der Waals surface area contributed by atoms with E-state index in [4.69, 9.17) is 4.74 Å². The van der Waals surface area contributed by atoms with Crippen LogP contribution in [0.15, 0.2) is 23.1 Å². The van der Waals surface area contributed by atoms with E-state index in [1.807, 2.05) is 0 Å². The number of carbonyl (C=O) groups excluding carboxylic acids is 1. The fraction of sp³-hybridized carbons (Fsp3) is 0.300. The van der Waals surface area contributed by atoms with Crippen molar-refractivity contribution in [3.05, 3.63) is 28.8 Å². The van der Waals surface area contributed by atoms with E-state index < -0.39 is 5.97 Å². The maximum absolute atomic E-state index is 11.5. The molecule has 1 N–H and O–H groups in total. The first-order valence-corrected chi connectivity index (χ1v) is 4.91. The summed E-state index contributed by atoms with van der Waals surface area (Å²) in [5.74, 6) is -0.448. The zero-order valence-electron chi connectivity index (χ0n) is 8.77.